The summed E-state index contributed by atoms with van der Waals surface area (Å²) in [5.74, 6) is 1.67. The molecule has 3 heteroatoms. The average molecular weight is 255 g/mol. The molecule has 18 heavy (non-hydrogen) atoms. The molecular formula is C15H29NO2. The molecule has 0 radical (unpaired) electrons. The predicted molar refractivity (Wildman–Crippen MR) is 74.4 cm³/mol. The van der Waals surface area contributed by atoms with Gasteiger partial charge in [0.25, 0.3) is 0 Å². The van der Waals surface area contributed by atoms with Crippen molar-refractivity contribution < 1.29 is 9.53 Å². The van der Waals surface area contributed by atoms with E-state index in [4.69, 9.17) is 4.74 Å². The largest absolute Gasteiger partial charge is 0.468 e. The van der Waals surface area contributed by atoms with Gasteiger partial charge in [0.1, 0.15) is 6.04 Å². The van der Waals surface area contributed by atoms with E-state index in [0.717, 1.165) is 12.3 Å². The van der Waals surface area contributed by atoms with Crippen LogP contribution in [0.1, 0.15) is 53.4 Å². The molecule has 0 aromatic rings. The maximum Gasteiger partial charge on any atom is 0.323 e. The van der Waals surface area contributed by atoms with Crippen molar-refractivity contribution in [3.05, 3.63) is 0 Å². The molecule has 3 nitrogen and oxygen atoms in total. The summed E-state index contributed by atoms with van der Waals surface area (Å²) < 4.78 is 4.93. The smallest absolute Gasteiger partial charge is 0.323 e. The van der Waals surface area contributed by atoms with Crippen LogP contribution in [-0.4, -0.2) is 25.2 Å². The first-order valence-electron chi connectivity index (χ1n) is 7.33. The van der Waals surface area contributed by atoms with E-state index in [2.05, 4.69) is 33.0 Å². The van der Waals surface area contributed by atoms with Gasteiger partial charge < -0.3 is 10.1 Å². The Morgan fingerprint density at radius 3 is 2.56 bits per heavy atom. The molecule has 1 saturated carbocycles. The molecule has 1 N–H and O–H groups in total. The van der Waals surface area contributed by atoms with Crippen LogP contribution in [0.15, 0.2) is 0 Å². The molecule has 0 amide bonds. The number of carbonyl (C=O) groups is 1. The zero-order valence-electron chi connectivity index (χ0n) is 12.5. The Hall–Kier alpha value is -0.570. The zero-order valence-corrected chi connectivity index (χ0v) is 12.5. The van der Waals surface area contributed by atoms with Crippen molar-refractivity contribution in [1.82, 2.24) is 5.32 Å². The molecule has 1 rings (SSSR count). The molecule has 1 aliphatic carbocycles. The molecule has 0 heterocycles. The molecule has 0 aliphatic heterocycles. The number of nitrogens with one attached hydrogen (secondary N) is 1. The van der Waals surface area contributed by atoms with E-state index < -0.39 is 0 Å². The van der Waals surface area contributed by atoms with Crippen molar-refractivity contribution >= 4 is 5.97 Å². The minimum atomic E-state index is -0.152. The Morgan fingerprint density at radius 2 is 2.06 bits per heavy atom. The standard InChI is InChI=1S/C15H29NO2/c1-6-11(3)14(15(17)18-5)16-13-8-7-10(2)9-12(13)4/h10-14,16H,6-9H2,1-5H3. The van der Waals surface area contributed by atoms with Gasteiger partial charge in [-0.05, 0) is 37.0 Å². The quantitative estimate of drug-likeness (QED) is 0.768. The van der Waals surface area contributed by atoms with E-state index >= 15 is 0 Å². The Labute approximate surface area is 112 Å². The maximum absolute atomic E-state index is 11.9. The summed E-state index contributed by atoms with van der Waals surface area (Å²) in [7, 11) is 1.48. The van der Waals surface area contributed by atoms with Crippen molar-refractivity contribution in [3.63, 3.8) is 0 Å². The van der Waals surface area contributed by atoms with Crippen LogP contribution in [0, 0.1) is 17.8 Å². The Balaban J connectivity index is 2.62. The van der Waals surface area contributed by atoms with Crippen molar-refractivity contribution in [2.45, 2.75) is 65.5 Å². The number of carbonyl (C=O) groups excluding carboxylic acids is 1. The minimum Gasteiger partial charge on any atom is -0.468 e. The highest BCUT2D eigenvalue weighted by molar-refractivity contribution is 5.76. The molecule has 106 valence electrons. The minimum absolute atomic E-state index is 0.116. The van der Waals surface area contributed by atoms with Gasteiger partial charge in [0.2, 0.25) is 0 Å². The molecule has 0 aromatic carbocycles. The van der Waals surface area contributed by atoms with Crippen LogP contribution in [0.4, 0.5) is 0 Å². The van der Waals surface area contributed by atoms with Gasteiger partial charge in [-0.3, -0.25) is 4.79 Å². The van der Waals surface area contributed by atoms with Crippen LogP contribution < -0.4 is 5.32 Å². The number of esters is 1. The summed E-state index contributed by atoms with van der Waals surface area (Å²) in [5, 5.41) is 3.55. The average Bonchev–Trinajstić information content (AvgIpc) is 2.36. The summed E-state index contributed by atoms with van der Waals surface area (Å²) in [6, 6.07) is 0.306. The van der Waals surface area contributed by atoms with E-state index in [9.17, 15) is 4.79 Å². The van der Waals surface area contributed by atoms with Crippen molar-refractivity contribution in [2.75, 3.05) is 7.11 Å². The topological polar surface area (TPSA) is 38.3 Å². The van der Waals surface area contributed by atoms with Gasteiger partial charge in [0, 0.05) is 6.04 Å². The van der Waals surface area contributed by atoms with E-state index in [-0.39, 0.29) is 12.0 Å². The Bertz CT molecular complexity index is 267. The van der Waals surface area contributed by atoms with Crippen LogP contribution in [0.5, 0.6) is 0 Å². The SMILES string of the molecule is CCC(C)C(NC1CCC(C)CC1C)C(=O)OC. The van der Waals surface area contributed by atoms with Gasteiger partial charge >= 0.3 is 5.97 Å². The zero-order chi connectivity index (χ0) is 13.7. The second kappa shape index (κ2) is 7.13. The summed E-state index contributed by atoms with van der Waals surface area (Å²) in [5.41, 5.74) is 0. The highest BCUT2D eigenvalue weighted by Crippen LogP contribution is 2.29. The van der Waals surface area contributed by atoms with Gasteiger partial charge in [-0.25, -0.2) is 0 Å². The summed E-state index contributed by atoms with van der Waals surface area (Å²) in [6.07, 6.45) is 4.68. The lowest BCUT2D eigenvalue weighted by atomic mass is 9.79. The van der Waals surface area contributed by atoms with Crippen molar-refractivity contribution in [1.29, 1.82) is 0 Å². The molecule has 1 fully saturated rings. The first kappa shape index (κ1) is 15.5. The Morgan fingerprint density at radius 1 is 1.39 bits per heavy atom. The molecule has 0 aromatic heterocycles. The molecule has 0 saturated heterocycles. The lowest BCUT2D eigenvalue weighted by Gasteiger charge is -2.36. The third kappa shape index (κ3) is 3.98. The normalized spacial score (nSPS) is 31.7. The third-order valence-corrected chi connectivity index (χ3v) is 4.49. The first-order valence-corrected chi connectivity index (χ1v) is 7.33. The van der Waals surface area contributed by atoms with Crippen LogP contribution in [0.3, 0.4) is 0 Å². The van der Waals surface area contributed by atoms with Gasteiger partial charge in [-0.2, -0.15) is 0 Å². The fourth-order valence-corrected chi connectivity index (χ4v) is 2.97. The van der Waals surface area contributed by atoms with E-state index in [1.165, 1.54) is 26.4 Å². The highest BCUT2D eigenvalue weighted by Gasteiger charge is 2.32. The third-order valence-electron chi connectivity index (χ3n) is 4.49. The number of rotatable bonds is 5. The van der Waals surface area contributed by atoms with Crippen LogP contribution in [0.2, 0.25) is 0 Å². The monoisotopic (exact) mass is 255 g/mol. The summed E-state index contributed by atoms with van der Waals surface area (Å²) in [6.45, 7) is 8.84. The fourth-order valence-electron chi connectivity index (χ4n) is 2.97. The van der Waals surface area contributed by atoms with Crippen LogP contribution in [0.25, 0.3) is 0 Å². The number of methoxy groups -OCH3 is 1. The molecule has 0 spiro atoms. The fraction of sp³-hybridized carbons (Fsp3) is 0.933. The molecule has 5 atom stereocenters. The Kier molecular flexibility index (Phi) is 6.13. The number of hydrogen-bond acceptors (Lipinski definition) is 3. The van der Waals surface area contributed by atoms with Crippen LogP contribution >= 0.6 is 0 Å². The van der Waals surface area contributed by atoms with Crippen LogP contribution in [-0.2, 0) is 9.53 Å². The predicted octanol–water partition coefficient (Wildman–Crippen LogP) is 2.99. The first-order chi connectivity index (χ1) is 8.49. The van der Waals surface area contributed by atoms with Crippen molar-refractivity contribution in [3.8, 4) is 0 Å². The molecule has 0 bridgehead atoms. The van der Waals surface area contributed by atoms with Crippen molar-refractivity contribution in [2.24, 2.45) is 17.8 Å². The van der Waals surface area contributed by atoms with Gasteiger partial charge in [0.15, 0.2) is 0 Å². The molecule has 1 aliphatic rings. The lowest BCUT2D eigenvalue weighted by molar-refractivity contribution is -0.145. The molecular weight excluding hydrogens is 226 g/mol. The number of hydrogen-bond donors (Lipinski definition) is 1. The highest BCUT2D eigenvalue weighted by atomic mass is 16.5. The van der Waals surface area contributed by atoms with Gasteiger partial charge in [-0.15, -0.1) is 0 Å². The second-order valence-corrected chi connectivity index (χ2v) is 6.06. The maximum atomic E-state index is 11.9. The molecule has 5 unspecified atom stereocenters. The summed E-state index contributed by atoms with van der Waals surface area (Å²) >= 11 is 0. The van der Waals surface area contributed by atoms with Gasteiger partial charge in [-0.1, -0.05) is 34.1 Å². The van der Waals surface area contributed by atoms with E-state index in [0.29, 0.717) is 17.9 Å². The number of ether oxygens (including phenoxy) is 1. The summed E-state index contributed by atoms with van der Waals surface area (Å²) in [4.78, 5) is 11.9. The van der Waals surface area contributed by atoms with E-state index in [1.54, 1.807) is 0 Å². The lowest BCUT2D eigenvalue weighted by Crippen LogP contribution is -2.51. The van der Waals surface area contributed by atoms with Gasteiger partial charge in [0.05, 0.1) is 7.11 Å². The second-order valence-electron chi connectivity index (χ2n) is 6.06. The van der Waals surface area contributed by atoms with E-state index in [1.807, 2.05) is 0 Å².